The molecular weight excluding hydrogens is 349 g/mol. The van der Waals surface area contributed by atoms with Gasteiger partial charge in [0.1, 0.15) is 5.82 Å². The van der Waals surface area contributed by atoms with Gasteiger partial charge in [-0.3, -0.25) is 0 Å². The Kier molecular flexibility index (Phi) is 4.58. The fraction of sp³-hybridized carbons (Fsp3) is 0.304. The zero-order valence-electron chi connectivity index (χ0n) is 15.4. The quantitative estimate of drug-likeness (QED) is 0.612. The van der Waals surface area contributed by atoms with E-state index in [2.05, 4.69) is 6.08 Å². The molecule has 0 aliphatic heterocycles. The lowest BCUT2D eigenvalue weighted by Crippen LogP contribution is -2.09. The summed E-state index contributed by atoms with van der Waals surface area (Å²) in [4.78, 5) is 0. The molecule has 2 aromatic rings. The van der Waals surface area contributed by atoms with E-state index in [1.54, 1.807) is 32.0 Å². The molecule has 0 bridgehead atoms. The van der Waals surface area contributed by atoms with Gasteiger partial charge in [0.15, 0.2) is 11.6 Å². The van der Waals surface area contributed by atoms with Crippen LogP contribution >= 0.6 is 0 Å². The summed E-state index contributed by atoms with van der Waals surface area (Å²) >= 11 is 0. The third-order valence-corrected chi connectivity index (χ3v) is 5.63. The van der Waals surface area contributed by atoms with E-state index in [-0.39, 0.29) is 30.0 Å². The first-order chi connectivity index (χ1) is 13.0. The molecule has 0 radical (unpaired) electrons. The maximum Gasteiger partial charge on any atom is 0.201 e. The van der Waals surface area contributed by atoms with Crippen LogP contribution in [0.1, 0.15) is 36.5 Å². The Morgan fingerprint density at radius 1 is 0.926 bits per heavy atom. The van der Waals surface area contributed by atoms with Crippen molar-refractivity contribution in [1.29, 1.82) is 0 Å². The monoisotopic (exact) mass is 370 g/mol. The van der Waals surface area contributed by atoms with Gasteiger partial charge in [-0.05, 0) is 79.0 Å². The summed E-state index contributed by atoms with van der Waals surface area (Å²) < 4.78 is 48.0. The van der Waals surface area contributed by atoms with Gasteiger partial charge in [0.2, 0.25) is 5.82 Å². The molecule has 4 rings (SSSR count). The number of hydrogen-bond donors (Lipinski definition) is 0. The van der Waals surface area contributed by atoms with Crippen molar-refractivity contribution in [3.05, 3.63) is 76.6 Å². The van der Waals surface area contributed by atoms with Crippen LogP contribution in [0.3, 0.4) is 0 Å². The number of hydrogen-bond acceptors (Lipinski definition) is 1. The number of benzene rings is 2. The van der Waals surface area contributed by atoms with Crippen molar-refractivity contribution in [1.82, 2.24) is 0 Å². The van der Waals surface area contributed by atoms with Crippen LogP contribution < -0.4 is 4.74 Å². The molecule has 0 N–H and O–H groups in total. The molecule has 2 aromatic carbocycles. The van der Waals surface area contributed by atoms with Gasteiger partial charge < -0.3 is 4.74 Å². The van der Waals surface area contributed by atoms with Crippen LogP contribution in [-0.4, -0.2) is 6.61 Å². The summed E-state index contributed by atoms with van der Waals surface area (Å²) in [6.07, 6.45) is 5.59. The Hall–Kier alpha value is -2.49. The van der Waals surface area contributed by atoms with Crippen molar-refractivity contribution in [3.63, 3.8) is 0 Å². The van der Waals surface area contributed by atoms with Crippen molar-refractivity contribution in [2.75, 3.05) is 6.61 Å². The SMILES string of the molecule is CCOc1ccc(C2=CCC3C(c4ccc(C)c(F)c4)=CCC23)c(F)c1F. The van der Waals surface area contributed by atoms with Crippen LogP contribution in [0.5, 0.6) is 5.75 Å². The molecule has 4 heteroatoms. The van der Waals surface area contributed by atoms with Gasteiger partial charge in [-0.1, -0.05) is 24.3 Å². The summed E-state index contributed by atoms with van der Waals surface area (Å²) in [5, 5.41) is 0. The van der Waals surface area contributed by atoms with Crippen LogP contribution in [0.2, 0.25) is 0 Å². The molecule has 0 spiro atoms. The van der Waals surface area contributed by atoms with Crippen LogP contribution in [0.15, 0.2) is 42.5 Å². The minimum Gasteiger partial charge on any atom is -0.491 e. The minimum atomic E-state index is -0.939. The summed E-state index contributed by atoms with van der Waals surface area (Å²) in [5.41, 5.74) is 3.72. The van der Waals surface area contributed by atoms with Gasteiger partial charge in [0.05, 0.1) is 6.61 Å². The lowest BCUT2D eigenvalue weighted by atomic mass is 9.85. The van der Waals surface area contributed by atoms with Crippen LogP contribution in [0, 0.1) is 36.2 Å². The predicted molar refractivity (Wildman–Crippen MR) is 101 cm³/mol. The Morgan fingerprint density at radius 3 is 2.33 bits per heavy atom. The molecule has 140 valence electrons. The standard InChI is InChI=1S/C23H21F3O/c1-3-27-21-11-10-19(22(25)23(21)26)18-9-8-16-15(6-7-17(16)18)14-5-4-13(2)20(24)12-14/h4-6,9-12,16-17H,3,7-8H2,1-2H3. The number of allylic oxidation sites excluding steroid dienone is 4. The first-order valence-corrected chi connectivity index (χ1v) is 9.29. The molecule has 27 heavy (non-hydrogen) atoms. The third-order valence-electron chi connectivity index (χ3n) is 5.63. The molecule has 2 atom stereocenters. The lowest BCUT2D eigenvalue weighted by molar-refractivity contribution is 0.314. The average molecular weight is 370 g/mol. The highest BCUT2D eigenvalue weighted by Crippen LogP contribution is 2.51. The van der Waals surface area contributed by atoms with Crippen molar-refractivity contribution in [3.8, 4) is 5.75 Å². The molecule has 0 fully saturated rings. The summed E-state index contributed by atoms with van der Waals surface area (Å²) in [6, 6.07) is 8.37. The highest BCUT2D eigenvalue weighted by molar-refractivity contribution is 5.80. The minimum absolute atomic E-state index is 0.0609. The van der Waals surface area contributed by atoms with Gasteiger partial charge >= 0.3 is 0 Å². The van der Waals surface area contributed by atoms with E-state index in [0.29, 0.717) is 11.1 Å². The van der Waals surface area contributed by atoms with E-state index in [1.807, 2.05) is 12.1 Å². The topological polar surface area (TPSA) is 9.23 Å². The summed E-state index contributed by atoms with van der Waals surface area (Å²) in [6.45, 7) is 3.75. The van der Waals surface area contributed by atoms with E-state index < -0.39 is 11.6 Å². The number of aryl methyl sites for hydroxylation is 1. The fourth-order valence-corrected chi connectivity index (χ4v) is 4.26. The van der Waals surface area contributed by atoms with Gasteiger partial charge in [-0.2, -0.15) is 4.39 Å². The molecular formula is C23H21F3O. The molecule has 2 unspecified atom stereocenters. The lowest BCUT2D eigenvalue weighted by Gasteiger charge is -2.19. The highest BCUT2D eigenvalue weighted by atomic mass is 19.2. The Bertz CT molecular complexity index is 958. The molecule has 2 aliphatic rings. The molecule has 0 saturated carbocycles. The smallest absolute Gasteiger partial charge is 0.201 e. The molecule has 0 amide bonds. The Labute approximate surface area is 157 Å². The summed E-state index contributed by atoms with van der Waals surface area (Å²) in [7, 11) is 0. The molecule has 0 saturated heterocycles. The van der Waals surface area contributed by atoms with E-state index in [1.165, 1.54) is 6.07 Å². The van der Waals surface area contributed by atoms with Crippen molar-refractivity contribution in [2.45, 2.75) is 26.7 Å². The van der Waals surface area contributed by atoms with Crippen molar-refractivity contribution < 1.29 is 17.9 Å². The second kappa shape index (κ2) is 6.91. The van der Waals surface area contributed by atoms with E-state index in [4.69, 9.17) is 4.74 Å². The third kappa shape index (κ3) is 2.97. The second-order valence-corrected chi connectivity index (χ2v) is 7.14. The van der Waals surface area contributed by atoms with Gasteiger partial charge in [0.25, 0.3) is 0 Å². The van der Waals surface area contributed by atoms with Crippen molar-refractivity contribution in [2.24, 2.45) is 11.8 Å². The number of halogens is 3. The van der Waals surface area contributed by atoms with Crippen molar-refractivity contribution >= 4 is 11.1 Å². The maximum atomic E-state index is 14.6. The molecule has 1 nitrogen and oxygen atoms in total. The first-order valence-electron chi connectivity index (χ1n) is 9.29. The predicted octanol–water partition coefficient (Wildman–Crippen LogP) is 6.32. The van der Waals surface area contributed by atoms with Crippen LogP contribution in [0.25, 0.3) is 11.1 Å². The zero-order chi connectivity index (χ0) is 19.1. The van der Waals surface area contributed by atoms with Gasteiger partial charge in [0, 0.05) is 5.56 Å². The Morgan fingerprint density at radius 2 is 1.63 bits per heavy atom. The summed E-state index contributed by atoms with van der Waals surface area (Å²) in [5.74, 6) is -1.81. The first kappa shape index (κ1) is 17.9. The van der Waals surface area contributed by atoms with Crippen LogP contribution in [0.4, 0.5) is 13.2 Å². The average Bonchev–Trinajstić information content (AvgIpc) is 3.24. The van der Waals surface area contributed by atoms with Gasteiger partial charge in [-0.15, -0.1) is 0 Å². The largest absolute Gasteiger partial charge is 0.491 e. The van der Waals surface area contributed by atoms with E-state index in [0.717, 1.165) is 29.6 Å². The van der Waals surface area contributed by atoms with Crippen LogP contribution in [-0.2, 0) is 0 Å². The zero-order valence-corrected chi connectivity index (χ0v) is 15.4. The second-order valence-electron chi connectivity index (χ2n) is 7.14. The Balaban J connectivity index is 1.61. The van der Waals surface area contributed by atoms with E-state index in [9.17, 15) is 13.2 Å². The molecule has 0 aromatic heterocycles. The van der Waals surface area contributed by atoms with E-state index >= 15 is 0 Å². The molecule has 2 aliphatic carbocycles. The fourth-order valence-electron chi connectivity index (χ4n) is 4.26. The number of fused-ring (bicyclic) bond motifs is 1. The maximum absolute atomic E-state index is 14.6. The normalized spacial score (nSPS) is 21.1. The number of rotatable bonds is 4. The van der Waals surface area contributed by atoms with Gasteiger partial charge in [-0.25, -0.2) is 8.78 Å². The highest BCUT2D eigenvalue weighted by Gasteiger charge is 2.38. The molecule has 0 heterocycles. The number of ether oxygens (including phenoxy) is 1.